The molecular weight excluding hydrogens is 291 g/mol. The largest absolute Gasteiger partial charge is 0.415 e. The zero-order chi connectivity index (χ0) is 15.6. The molecule has 9 heteroatoms. The van der Waals surface area contributed by atoms with E-state index in [4.69, 9.17) is 9.26 Å². The van der Waals surface area contributed by atoms with Crippen LogP contribution in [0.4, 0.5) is 13.2 Å². The van der Waals surface area contributed by atoms with Crippen molar-refractivity contribution in [2.75, 3.05) is 26.2 Å². The Labute approximate surface area is 119 Å². The predicted octanol–water partition coefficient (Wildman–Crippen LogP) is 1.49. The highest BCUT2D eigenvalue weighted by Gasteiger charge is 2.44. The molecule has 3 unspecified atom stereocenters. The van der Waals surface area contributed by atoms with Crippen LogP contribution < -0.4 is 0 Å². The van der Waals surface area contributed by atoms with E-state index in [1.807, 2.05) is 6.92 Å². The zero-order valence-corrected chi connectivity index (χ0v) is 11.8. The van der Waals surface area contributed by atoms with Crippen LogP contribution in [-0.2, 0) is 4.74 Å². The van der Waals surface area contributed by atoms with Crippen molar-refractivity contribution in [1.29, 1.82) is 0 Å². The molecule has 0 bridgehead atoms. The van der Waals surface area contributed by atoms with Gasteiger partial charge < -0.3 is 14.4 Å². The molecular formula is C12H18F3N3O3. The van der Waals surface area contributed by atoms with Crippen LogP contribution >= 0.6 is 0 Å². The summed E-state index contributed by atoms with van der Waals surface area (Å²) in [4.78, 5) is 6.07. The van der Waals surface area contributed by atoms with Crippen molar-refractivity contribution in [2.24, 2.45) is 0 Å². The normalized spacial score (nSPS) is 24.0. The van der Waals surface area contributed by atoms with E-state index >= 15 is 0 Å². The maximum absolute atomic E-state index is 12.5. The van der Waals surface area contributed by atoms with E-state index < -0.39 is 24.3 Å². The summed E-state index contributed by atoms with van der Waals surface area (Å²) in [7, 11) is 0. The van der Waals surface area contributed by atoms with Gasteiger partial charge in [-0.2, -0.15) is 18.2 Å². The van der Waals surface area contributed by atoms with Gasteiger partial charge in [-0.1, -0.05) is 19.0 Å². The molecule has 3 atom stereocenters. The van der Waals surface area contributed by atoms with Gasteiger partial charge in [-0.25, -0.2) is 0 Å². The Hall–Kier alpha value is -1.19. The van der Waals surface area contributed by atoms with Crippen molar-refractivity contribution in [3.8, 4) is 0 Å². The molecule has 2 rings (SSSR count). The van der Waals surface area contributed by atoms with Gasteiger partial charge in [0.15, 0.2) is 6.10 Å². The SMILES string of the molecule is CCN1CCOC(c2noc(C(C)C(O)C(F)(F)F)n2)C1. The summed E-state index contributed by atoms with van der Waals surface area (Å²) >= 11 is 0. The molecule has 1 aromatic rings. The third kappa shape index (κ3) is 3.72. The minimum atomic E-state index is -4.73. The molecule has 120 valence electrons. The number of hydrogen-bond donors (Lipinski definition) is 1. The van der Waals surface area contributed by atoms with Crippen LogP contribution in [0.15, 0.2) is 4.52 Å². The summed E-state index contributed by atoms with van der Waals surface area (Å²) in [6, 6.07) is 0. The first-order chi connectivity index (χ1) is 9.82. The quantitative estimate of drug-likeness (QED) is 0.908. The minimum Gasteiger partial charge on any atom is -0.383 e. The van der Waals surface area contributed by atoms with E-state index in [2.05, 4.69) is 15.0 Å². The fourth-order valence-corrected chi connectivity index (χ4v) is 2.13. The van der Waals surface area contributed by atoms with Gasteiger partial charge in [0.25, 0.3) is 0 Å². The first kappa shape index (κ1) is 16.2. The molecule has 2 heterocycles. The van der Waals surface area contributed by atoms with Gasteiger partial charge in [0, 0.05) is 13.1 Å². The monoisotopic (exact) mass is 309 g/mol. The number of alkyl halides is 3. The van der Waals surface area contributed by atoms with Crippen molar-refractivity contribution in [3.63, 3.8) is 0 Å². The van der Waals surface area contributed by atoms with E-state index in [9.17, 15) is 18.3 Å². The molecule has 1 fully saturated rings. The zero-order valence-electron chi connectivity index (χ0n) is 11.8. The van der Waals surface area contributed by atoms with E-state index in [-0.39, 0.29) is 11.7 Å². The van der Waals surface area contributed by atoms with Crippen LogP contribution in [0.5, 0.6) is 0 Å². The highest BCUT2D eigenvalue weighted by molar-refractivity contribution is 5.00. The molecule has 21 heavy (non-hydrogen) atoms. The van der Waals surface area contributed by atoms with E-state index in [1.54, 1.807) is 0 Å². The van der Waals surface area contributed by atoms with Crippen molar-refractivity contribution in [2.45, 2.75) is 38.1 Å². The van der Waals surface area contributed by atoms with Crippen LogP contribution in [0, 0.1) is 0 Å². The van der Waals surface area contributed by atoms with Gasteiger partial charge in [-0.05, 0) is 6.54 Å². The van der Waals surface area contributed by atoms with Crippen molar-refractivity contribution in [1.82, 2.24) is 15.0 Å². The smallest absolute Gasteiger partial charge is 0.383 e. The molecule has 1 aliphatic rings. The topological polar surface area (TPSA) is 71.6 Å². The number of halogens is 3. The second-order valence-corrected chi connectivity index (χ2v) is 5.02. The molecule has 0 radical (unpaired) electrons. The number of hydrogen-bond acceptors (Lipinski definition) is 6. The third-order valence-electron chi connectivity index (χ3n) is 3.54. The summed E-state index contributed by atoms with van der Waals surface area (Å²) in [5.74, 6) is -1.35. The predicted molar refractivity (Wildman–Crippen MR) is 65.6 cm³/mol. The fourth-order valence-electron chi connectivity index (χ4n) is 2.13. The number of aliphatic hydroxyl groups is 1. The molecule has 0 aliphatic carbocycles. The van der Waals surface area contributed by atoms with Crippen LogP contribution in [0.3, 0.4) is 0 Å². The Balaban J connectivity index is 2.07. The van der Waals surface area contributed by atoms with Crippen LogP contribution in [0.25, 0.3) is 0 Å². The number of morpholine rings is 1. The Morgan fingerprint density at radius 1 is 1.48 bits per heavy atom. The fraction of sp³-hybridized carbons (Fsp3) is 0.833. The van der Waals surface area contributed by atoms with Crippen LogP contribution in [-0.4, -0.2) is 58.7 Å². The number of aromatic nitrogens is 2. The van der Waals surface area contributed by atoms with Crippen molar-refractivity contribution < 1.29 is 27.5 Å². The van der Waals surface area contributed by atoms with Crippen LogP contribution in [0.2, 0.25) is 0 Å². The van der Waals surface area contributed by atoms with E-state index in [1.165, 1.54) is 6.92 Å². The van der Waals surface area contributed by atoms with Crippen LogP contribution in [0.1, 0.15) is 37.6 Å². The summed E-state index contributed by atoms with van der Waals surface area (Å²) in [5, 5.41) is 12.9. The lowest BCUT2D eigenvalue weighted by Crippen LogP contribution is -2.38. The highest BCUT2D eigenvalue weighted by atomic mass is 19.4. The lowest BCUT2D eigenvalue weighted by molar-refractivity contribution is -0.210. The Morgan fingerprint density at radius 3 is 2.81 bits per heavy atom. The molecule has 0 aromatic carbocycles. The van der Waals surface area contributed by atoms with Crippen molar-refractivity contribution in [3.05, 3.63) is 11.7 Å². The lowest BCUT2D eigenvalue weighted by atomic mass is 10.0. The number of likely N-dealkylation sites (N-methyl/N-ethyl adjacent to an activating group) is 1. The third-order valence-corrected chi connectivity index (χ3v) is 3.54. The molecule has 1 N–H and O–H groups in total. The summed E-state index contributed by atoms with van der Waals surface area (Å²) in [6.45, 7) is 5.89. The molecule has 1 aromatic heterocycles. The number of aliphatic hydroxyl groups excluding tert-OH is 1. The van der Waals surface area contributed by atoms with Gasteiger partial charge in [0.05, 0.1) is 12.5 Å². The molecule has 6 nitrogen and oxygen atoms in total. The summed E-state index contributed by atoms with van der Waals surface area (Å²) < 4.78 is 47.8. The van der Waals surface area contributed by atoms with E-state index in [0.717, 1.165) is 13.1 Å². The maximum atomic E-state index is 12.5. The Bertz CT molecular complexity index is 466. The lowest BCUT2D eigenvalue weighted by Gasteiger charge is -2.30. The molecule has 1 saturated heterocycles. The first-order valence-electron chi connectivity index (χ1n) is 6.75. The first-order valence-corrected chi connectivity index (χ1v) is 6.75. The Kier molecular flexibility index (Phi) is 4.84. The second kappa shape index (κ2) is 6.29. The molecule has 0 spiro atoms. The second-order valence-electron chi connectivity index (χ2n) is 5.02. The van der Waals surface area contributed by atoms with Gasteiger partial charge in [0.2, 0.25) is 11.7 Å². The summed E-state index contributed by atoms with van der Waals surface area (Å²) in [5.41, 5.74) is 0. The Morgan fingerprint density at radius 2 is 2.19 bits per heavy atom. The number of nitrogens with zero attached hydrogens (tertiary/aromatic N) is 3. The maximum Gasteiger partial charge on any atom is 0.415 e. The number of ether oxygens (including phenoxy) is 1. The molecule has 0 saturated carbocycles. The number of rotatable bonds is 4. The average molecular weight is 309 g/mol. The van der Waals surface area contributed by atoms with Gasteiger partial charge >= 0.3 is 6.18 Å². The minimum absolute atomic E-state index is 0.212. The van der Waals surface area contributed by atoms with E-state index in [0.29, 0.717) is 13.2 Å². The standard InChI is InChI=1S/C12H18F3N3O3/c1-3-18-4-5-20-8(6-18)10-16-11(21-17-10)7(2)9(19)12(13,14)15/h7-9,19H,3-6H2,1-2H3. The molecule has 0 amide bonds. The van der Waals surface area contributed by atoms with Gasteiger partial charge in [-0.3, -0.25) is 4.90 Å². The molecule has 1 aliphatic heterocycles. The van der Waals surface area contributed by atoms with Gasteiger partial charge in [0.1, 0.15) is 6.10 Å². The van der Waals surface area contributed by atoms with Gasteiger partial charge in [-0.15, -0.1) is 0 Å². The highest BCUT2D eigenvalue weighted by Crippen LogP contribution is 2.31. The van der Waals surface area contributed by atoms with Crippen molar-refractivity contribution >= 4 is 0 Å². The average Bonchev–Trinajstić information content (AvgIpc) is 2.94. The summed E-state index contributed by atoms with van der Waals surface area (Å²) in [6.07, 6.45) is -7.69.